The molecule has 0 unspecified atom stereocenters. The Morgan fingerprint density at radius 2 is 1.80 bits per heavy atom. The molecule has 1 aromatic carbocycles. The summed E-state index contributed by atoms with van der Waals surface area (Å²) in [6, 6.07) is 6.12. The Morgan fingerprint density at radius 1 is 1.15 bits per heavy atom. The van der Waals surface area contributed by atoms with Crippen LogP contribution in [0.1, 0.15) is 15.9 Å². The standard InChI is InChI=1S/C13H10F3N3O/c14-13(15,16)10-7-9(1-2-11(10)17)19-12(20)8-3-5-18-6-4-8/h1-7H,17H2,(H,19,20). The first kappa shape index (κ1) is 13.9. The average Bonchev–Trinajstić information content (AvgIpc) is 2.40. The van der Waals surface area contributed by atoms with Gasteiger partial charge in [-0.25, -0.2) is 0 Å². The molecule has 1 heterocycles. The van der Waals surface area contributed by atoms with E-state index < -0.39 is 17.6 Å². The second-order valence-electron chi connectivity index (χ2n) is 3.99. The largest absolute Gasteiger partial charge is 0.418 e. The maximum Gasteiger partial charge on any atom is 0.418 e. The molecule has 0 aliphatic rings. The van der Waals surface area contributed by atoms with Crippen LogP contribution in [-0.2, 0) is 6.18 Å². The van der Waals surface area contributed by atoms with Crippen LogP contribution in [0.3, 0.4) is 0 Å². The fourth-order valence-corrected chi connectivity index (χ4v) is 1.59. The number of carbonyl (C=O) groups is 1. The predicted molar refractivity (Wildman–Crippen MR) is 68.0 cm³/mol. The molecule has 1 amide bonds. The van der Waals surface area contributed by atoms with Crippen molar-refractivity contribution in [1.82, 2.24) is 4.98 Å². The van der Waals surface area contributed by atoms with Gasteiger partial charge >= 0.3 is 6.18 Å². The van der Waals surface area contributed by atoms with Crippen LogP contribution < -0.4 is 11.1 Å². The van der Waals surface area contributed by atoms with Gasteiger partial charge in [0, 0.05) is 29.3 Å². The number of nitrogen functional groups attached to an aromatic ring is 1. The van der Waals surface area contributed by atoms with Crippen LogP contribution in [0.5, 0.6) is 0 Å². The minimum Gasteiger partial charge on any atom is -0.398 e. The molecule has 4 nitrogen and oxygen atoms in total. The zero-order valence-electron chi connectivity index (χ0n) is 10.1. The van der Waals surface area contributed by atoms with E-state index in [0.29, 0.717) is 5.56 Å². The number of amides is 1. The summed E-state index contributed by atoms with van der Waals surface area (Å²) in [6.07, 6.45) is -1.74. The second-order valence-corrected chi connectivity index (χ2v) is 3.99. The van der Waals surface area contributed by atoms with Gasteiger partial charge in [-0.3, -0.25) is 9.78 Å². The van der Waals surface area contributed by atoms with E-state index in [1.807, 2.05) is 0 Å². The first-order chi connectivity index (χ1) is 9.38. The van der Waals surface area contributed by atoms with E-state index in [0.717, 1.165) is 12.1 Å². The quantitative estimate of drug-likeness (QED) is 0.832. The van der Waals surface area contributed by atoms with Crippen molar-refractivity contribution in [2.24, 2.45) is 0 Å². The minimum absolute atomic E-state index is 0.0216. The molecule has 0 bridgehead atoms. The lowest BCUT2D eigenvalue weighted by Crippen LogP contribution is -2.14. The van der Waals surface area contributed by atoms with Crippen molar-refractivity contribution in [3.63, 3.8) is 0 Å². The van der Waals surface area contributed by atoms with Gasteiger partial charge in [-0.05, 0) is 30.3 Å². The number of hydrogen-bond acceptors (Lipinski definition) is 3. The summed E-state index contributed by atoms with van der Waals surface area (Å²) in [5, 5.41) is 2.38. The van der Waals surface area contributed by atoms with Crippen LogP contribution in [0.15, 0.2) is 42.7 Å². The molecule has 1 aromatic heterocycles. The summed E-state index contributed by atoms with van der Waals surface area (Å²) in [5.74, 6) is -0.523. The van der Waals surface area contributed by atoms with Gasteiger partial charge in [0.15, 0.2) is 0 Å². The molecule has 0 aliphatic heterocycles. The summed E-state index contributed by atoms with van der Waals surface area (Å²) >= 11 is 0. The molecule has 0 atom stereocenters. The van der Waals surface area contributed by atoms with E-state index in [4.69, 9.17) is 5.73 Å². The van der Waals surface area contributed by atoms with E-state index in [9.17, 15) is 18.0 Å². The highest BCUT2D eigenvalue weighted by atomic mass is 19.4. The van der Waals surface area contributed by atoms with Crippen molar-refractivity contribution in [2.45, 2.75) is 6.18 Å². The van der Waals surface area contributed by atoms with Gasteiger partial charge in [-0.15, -0.1) is 0 Å². The Hall–Kier alpha value is -2.57. The number of rotatable bonds is 2. The SMILES string of the molecule is Nc1ccc(NC(=O)c2ccncc2)cc1C(F)(F)F. The van der Waals surface area contributed by atoms with Crippen LogP contribution in [0, 0.1) is 0 Å². The number of anilines is 2. The number of aromatic nitrogens is 1. The number of hydrogen-bond donors (Lipinski definition) is 2. The molecule has 0 aliphatic carbocycles. The molecule has 0 radical (unpaired) electrons. The van der Waals surface area contributed by atoms with E-state index in [1.54, 1.807) is 0 Å². The Labute approximate surface area is 112 Å². The van der Waals surface area contributed by atoms with Gasteiger partial charge in [0.2, 0.25) is 0 Å². The van der Waals surface area contributed by atoms with Gasteiger partial charge in [-0.2, -0.15) is 13.2 Å². The number of carbonyl (C=O) groups excluding carboxylic acids is 1. The molecule has 0 fully saturated rings. The van der Waals surface area contributed by atoms with Gasteiger partial charge < -0.3 is 11.1 Å². The van der Waals surface area contributed by atoms with E-state index in [2.05, 4.69) is 10.3 Å². The molecule has 0 saturated heterocycles. The zero-order valence-corrected chi connectivity index (χ0v) is 10.1. The van der Waals surface area contributed by atoms with E-state index in [-0.39, 0.29) is 11.4 Å². The summed E-state index contributed by atoms with van der Waals surface area (Å²) in [4.78, 5) is 15.6. The van der Waals surface area contributed by atoms with Gasteiger partial charge in [0.1, 0.15) is 0 Å². The fourth-order valence-electron chi connectivity index (χ4n) is 1.59. The smallest absolute Gasteiger partial charge is 0.398 e. The Kier molecular flexibility index (Phi) is 3.60. The van der Waals surface area contributed by atoms with Crippen LogP contribution >= 0.6 is 0 Å². The number of pyridine rings is 1. The highest BCUT2D eigenvalue weighted by Crippen LogP contribution is 2.35. The zero-order chi connectivity index (χ0) is 14.8. The lowest BCUT2D eigenvalue weighted by molar-refractivity contribution is -0.136. The first-order valence-electron chi connectivity index (χ1n) is 5.56. The average molecular weight is 281 g/mol. The lowest BCUT2D eigenvalue weighted by atomic mass is 10.1. The summed E-state index contributed by atoms with van der Waals surface area (Å²) in [5.41, 5.74) is 4.22. The third-order valence-electron chi connectivity index (χ3n) is 2.56. The summed E-state index contributed by atoms with van der Waals surface area (Å²) in [7, 11) is 0. The summed E-state index contributed by atoms with van der Waals surface area (Å²) in [6.45, 7) is 0. The molecule has 3 N–H and O–H groups in total. The normalized spacial score (nSPS) is 11.2. The number of nitrogens with one attached hydrogen (secondary N) is 1. The Morgan fingerprint density at radius 3 is 2.40 bits per heavy atom. The van der Waals surface area contributed by atoms with Crippen LogP contribution in [0.2, 0.25) is 0 Å². The van der Waals surface area contributed by atoms with Gasteiger partial charge in [0.25, 0.3) is 5.91 Å². The number of halogens is 3. The lowest BCUT2D eigenvalue weighted by Gasteiger charge is -2.12. The number of nitrogens with two attached hydrogens (primary N) is 1. The maximum absolute atomic E-state index is 12.7. The van der Waals surface area contributed by atoms with Crippen molar-refractivity contribution >= 4 is 17.3 Å². The summed E-state index contributed by atoms with van der Waals surface area (Å²) < 4.78 is 38.1. The van der Waals surface area contributed by atoms with Gasteiger partial charge in [-0.1, -0.05) is 0 Å². The molecular weight excluding hydrogens is 271 g/mol. The molecule has 0 saturated carbocycles. The molecule has 104 valence electrons. The molecular formula is C13H10F3N3O. The molecule has 20 heavy (non-hydrogen) atoms. The highest BCUT2D eigenvalue weighted by Gasteiger charge is 2.33. The third kappa shape index (κ3) is 3.05. The minimum atomic E-state index is -4.57. The predicted octanol–water partition coefficient (Wildman–Crippen LogP) is 2.93. The van der Waals surface area contributed by atoms with Crippen molar-refractivity contribution in [1.29, 1.82) is 0 Å². The van der Waals surface area contributed by atoms with Crippen molar-refractivity contribution in [3.05, 3.63) is 53.9 Å². The number of nitrogens with zero attached hydrogens (tertiary/aromatic N) is 1. The topological polar surface area (TPSA) is 68.0 Å². The van der Waals surface area contributed by atoms with Crippen LogP contribution in [-0.4, -0.2) is 10.9 Å². The van der Waals surface area contributed by atoms with Crippen molar-refractivity contribution in [2.75, 3.05) is 11.1 Å². The Bertz CT molecular complexity index is 627. The van der Waals surface area contributed by atoms with E-state index >= 15 is 0 Å². The van der Waals surface area contributed by atoms with Gasteiger partial charge in [0.05, 0.1) is 5.56 Å². The molecule has 2 aromatic rings. The third-order valence-corrected chi connectivity index (χ3v) is 2.56. The highest BCUT2D eigenvalue weighted by molar-refractivity contribution is 6.04. The number of benzene rings is 1. The van der Waals surface area contributed by atoms with E-state index in [1.165, 1.54) is 30.6 Å². The second kappa shape index (κ2) is 5.20. The number of alkyl halides is 3. The van der Waals surface area contributed by atoms with Crippen LogP contribution in [0.25, 0.3) is 0 Å². The monoisotopic (exact) mass is 281 g/mol. The molecule has 0 spiro atoms. The first-order valence-corrected chi connectivity index (χ1v) is 5.56. The molecule has 2 rings (SSSR count). The molecule has 7 heteroatoms. The van der Waals surface area contributed by atoms with Crippen molar-refractivity contribution < 1.29 is 18.0 Å². The van der Waals surface area contributed by atoms with Crippen LogP contribution in [0.4, 0.5) is 24.5 Å². The Balaban J connectivity index is 2.25. The fraction of sp³-hybridized carbons (Fsp3) is 0.0769. The van der Waals surface area contributed by atoms with Crippen molar-refractivity contribution in [3.8, 4) is 0 Å². The maximum atomic E-state index is 12.7.